The molecule has 1 aliphatic heterocycles. The highest BCUT2D eigenvalue weighted by atomic mass is 32.1. The van der Waals surface area contributed by atoms with Crippen LogP contribution < -0.4 is 4.90 Å². The predicted octanol–water partition coefficient (Wildman–Crippen LogP) is 4.83. The molecule has 1 aromatic heterocycles. The summed E-state index contributed by atoms with van der Waals surface area (Å²) in [4.78, 5) is 22.7. The van der Waals surface area contributed by atoms with Gasteiger partial charge in [-0.15, -0.1) is 0 Å². The smallest absolute Gasteiger partial charge is 0.233 e. The van der Waals surface area contributed by atoms with Crippen LogP contribution >= 0.6 is 11.3 Å². The molecule has 0 spiro atoms. The van der Waals surface area contributed by atoms with Crippen molar-refractivity contribution in [2.75, 3.05) is 44.3 Å². The summed E-state index contributed by atoms with van der Waals surface area (Å²) in [6, 6.07) is 10.6. The van der Waals surface area contributed by atoms with Gasteiger partial charge in [0.2, 0.25) is 5.91 Å². The van der Waals surface area contributed by atoms with E-state index in [-0.39, 0.29) is 5.91 Å². The van der Waals surface area contributed by atoms with Crippen LogP contribution in [0.4, 0.5) is 5.13 Å². The van der Waals surface area contributed by atoms with Gasteiger partial charge in [0.05, 0.1) is 29.9 Å². The monoisotopic (exact) mass is 451 g/mol. The first-order valence-electron chi connectivity index (χ1n) is 11.4. The minimum absolute atomic E-state index is 0.115. The largest absolute Gasteiger partial charge is 0.379 e. The Kier molecular flexibility index (Phi) is 7.23. The Balaban J connectivity index is 1.56. The topological polar surface area (TPSA) is 45.7 Å². The number of thiazole rings is 1. The van der Waals surface area contributed by atoms with E-state index in [4.69, 9.17) is 9.72 Å². The van der Waals surface area contributed by atoms with E-state index in [2.05, 4.69) is 62.9 Å². The van der Waals surface area contributed by atoms with Gasteiger partial charge in [-0.05, 0) is 68.0 Å². The van der Waals surface area contributed by atoms with Gasteiger partial charge in [-0.2, -0.15) is 0 Å². The first-order valence-corrected chi connectivity index (χ1v) is 12.3. The lowest BCUT2D eigenvalue weighted by molar-refractivity contribution is -0.118. The fourth-order valence-electron chi connectivity index (χ4n) is 4.26. The van der Waals surface area contributed by atoms with Crippen molar-refractivity contribution in [3.63, 3.8) is 0 Å². The molecule has 2 heterocycles. The van der Waals surface area contributed by atoms with Gasteiger partial charge >= 0.3 is 0 Å². The van der Waals surface area contributed by atoms with Gasteiger partial charge in [-0.3, -0.25) is 14.6 Å². The summed E-state index contributed by atoms with van der Waals surface area (Å²) >= 11 is 1.62. The van der Waals surface area contributed by atoms with E-state index in [1.807, 2.05) is 4.90 Å². The van der Waals surface area contributed by atoms with Crippen LogP contribution in [0, 0.1) is 27.7 Å². The van der Waals surface area contributed by atoms with E-state index < -0.39 is 0 Å². The molecule has 0 saturated carbocycles. The number of carbonyl (C=O) groups excluding carboxylic acids is 1. The standard InChI is InChI=1S/C26H33N3O2S/c1-18-14-21(4)25-23(15-18)32-26(27-25)29(9-5-8-28-10-12-31-13-11-28)24(30)17-22-7-6-19(2)20(3)16-22/h6-7,14-16H,5,8-13,17H2,1-4H3. The van der Waals surface area contributed by atoms with Crippen molar-refractivity contribution < 1.29 is 9.53 Å². The van der Waals surface area contributed by atoms with Crippen LogP contribution in [0.25, 0.3) is 10.2 Å². The average molecular weight is 452 g/mol. The molecule has 0 radical (unpaired) electrons. The zero-order chi connectivity index (χ0) is 22.7. The Hall–Kier alpha value is -2.28. The molecule has 0 bridgehead atoms. The summed E-state index contributed by atoms with van der Waals surface area (Å²) in [6.07, 6.45) is 1.32. The van der Waals surface area contributed by atoms with Crippen LogP contribution in [0.5, 0.6) is 0 Å². The fraction of sp³-hybridized carbons (Fsp3) is 0.462. The fourth-order valence-corrected chi connectivity index (χ4v) is 5.45. The molecule has 3 aromatic rings. The zero-order valence-corrected chi connectivity index (χ0v) is 20.4. The number of morpholine rings is 1. The average Bonchev–Trinajstić information content (AvgIpc) is 3.18. The lowest BCUT2D eigenvalue weighted by Crippen LogP contribution is -2.39. The van der Waals surface area contributed by atoms with Crippen molar-refractivity contribution in [3.05, 3.63) is 58.1 Å². The van der Waals surface area contributed by atoms with Crippen LogP contribution in [0.2, 0.25) is 0 Å². The van der Waals surface area contributed by atoms with E-state index in [9.17, 15) is 4.79 Å². The van der Waals surface area contributed by atoms with Crippen LogP contribution in [0.15, 0.2) is 30.3 Å². The Morgan fingerprint density at radius 1 is 1.06 bits per heavy atom. The normalized spacial score (nSPS) is 14.8. The van der Waals surface area contributed by atoms with Gasteiger partial charge < -0.3 is 4.74 Å². The van der Waals surface area contributed by atoms with Crippen molar-refractivity contribution in [2.24, 2.45) is 0 Å². The van der Waals surface area contributed by atoms with E-state index in [1.54, 1.807) is 11.3 Å². The second-order valence-corrected chi connectivity index (χ2v) is 9.88. The summed E-state index contributed by atoms with van der Waals surface area (Å²) < 4.78 is 6.61. The Labute approximate surface area is 195 Å². The van der Waals surface area contributed by atoms with Gasteiger partial charge in [0.15, 0.2) is 5.13 Å². The molecule has 5 nitrogen and oxygen atoms in total. The molecule has 170 valence electrons. The third kappa shape index (κ3) is 5.37. The van der Waals surface area contributed by atoms with Crippen molar-refractivity contribution >= 4 is 32.6 Å². The van der Waals surface area contributed by atoms with Crippen molar-refractivity contribution in [2.45, 2.75) is 40.5 Å². The summed E-state index contributed by atoms with van der Waals surface area (Å²) in [6.45, 7) is 13.6. The van der Waals surface area contributed by atoms with Crippen LogP contribution in [0.3, 0.4) is 0 Å². The summed E-state index contributed by atoms with van der Waals surface area (Å²) in [7, 11) is 0. The van der Waals surface area contributed by atoms with Crippen molar-refractivity contribution in [3.8, 4) is 0 Å². The summed E-state index contributed by atoms with van der Waals surface area (Å²) in [5.74, 6) is 0.115. The summed E-state index contributed by atoms with van der Waals surface area (Å²) in [5, 5.41) is 0.810. The Morgan fingerprint density at radius 3 is 2.59 bits per heavy atom. The quantitative estimate of drug-likeness (QED) is 0.516. The number of nitrogens with zero attached hydrogens (tertiary/aromatic N) is 3. The molecule has 6 heteroatoms. The highest BCUT2D eigenvalue weighted by Gasteiger charge is 2.21. The van der Waals surface area contributed by atoms with Gasteiger partial charge in [0, 0.05) is 26.2 Å². The molecule has 0 aliphatic carbocycles. The molecule has 1 aliphatic rings. The Morgan fingerprint density at radius 2 is 1.84 bits per heavy atom. The third-order valence-corrected chi connectivity index (χ3v) is 7.26. The van der Waals surface area contributed by atoms with E-state index in [1.165, 1.54) is 16.7 Å². The number of fused-ring (bicyclic) bond motifs is 1. The number of aryl methyl sites for hydroxylation is 4. The molecular weight excluding hydrogens is 418 g/mol. The zero-order valence-electron chi connectivity index (χ0n) is 19.6. The molecule has 4 rings (SSSR count). The molecule has 0 N–H and O–H groups in total. The Bertz CT molecular complexity index is 1100. The number of benzene rings is 2. The SMILES string of the molecule is Cc1cc(C)c2nc(N(CCCN3CCOCC3)C(=O)Cc3ccc(C)c(C)c3)sc2c1. The lowest BCUT2D eigenvalue weighted by Gasteiger charge is -2.27. The molecule has 2 aromatic carbocycles. The number of amides is 1. The van der Waals surface area contributed by atoms with Crippen LogP contribution in [0.1, 0.15) is 34.2 Å². The first kappa shape index (κ1) is 22.9. The molecule has 32 heavy (non-hydrogen) atoms. The lowest BCUT2D eigenvalue weighted by atomic mass is 10.0. The number of ether oxygens (including phenoxy) is 1. The van der Waals surface area contributed by atoms with Crippen molar-refractivity contribution in [1.29, 1.82) is 0 Å². The number of anilines is 1. The second-order valence-electron chi connectivity index (χ2n) is 8.87. The van der Waals surface area contributed by atoms with Crippen LogP contribution in [-0.2, 0) is 16.0 Å². The van der Waals surface area contributed by atoms with Crippen molar-refractivity contribution in [1.82, 2.24) is 9.88 Å². The number of carbonyl (C=O) groups is 1. The minimum Gasteiger partial charge on any atom is -0.379 e. The van der Waals surface area contributed by atoms with Gasteiger partial charge in [-0.1, -0.05) is 35.6 Å². The maximum absolute atomic E-state index is 13.5. The number of hydrogen-bond acceptors (Lipinski definition) is 5. The minimum atomic E-state index is 0.115. The molecule has 1 fully saturated rings. The molecular formula is C26H33N3O2S. The highest BCUT2D eigenvalue weighted by Crippen LogP contribution is 2.32. The molecule has 0 atom stereocenters. The van der Waals surface area contributed by atoms with Gasteiger partial charge in [0.1, 0.15) is 0 Å². The second kappa shape index (κ2) is 10.1. The number of aromatic nitrogens is 1. The van der Waals surface area contributed by atoms with E-state index >= 15 is 0 Å². The van der Waals surface area contributed by atoms with Gasteiger partial charge in [0.25, 0.3) is 0 Å². The maximum atomic E-state index is 13.5. The number of rotatable bonds is 7. The van der Waals surface area contributed by atoms with Crippen LogP contribution in [-0.4, -0.2) is 55.2 Å². The predicted molar refractivity (Wildman–Crippen MR) is 133 cm³/mol. The highest BCUT2D eigenvalue weighted by molar-refractivity contribution is 7.22. The molecule has 1 saturated heterocycles. The first-order chi connectivity index (χ1) is 15.4. The van der Waals surface area contributed by atoms with E-state index in [0.717, 1.165) is 65.7 Å². The molecule has 1 amide bonds. The van der Waals surface area contributed by atoms with E-state index in [0.29, 0.717) is 13.0 Å². The van der Waals surface area contributed by atoms with Gasteiger partial charge in [-0.25, -0.2) is 4.98 Å². The summed E-state index contributed by atoms with van der Waals surface area (Å²) in [5.41, 5.74) is 6.93. The maximum Gasteiger partial charge on any atom is 0.233 e. The number of hydrogen-bond donors (Lipinski definition) is 0. The third-order valence-electron chi connectivity index (χ3n) is 6.24. The molecule has 0 unspecified atom stereocenters.